The molecule has 0 aliphatic heterocycles. The smallest absolute Gasteiger partial charge is 0.344 e. The van der Waals surface area contributed by atoms with Gasteiger partial charge in [-0.15, -0.1) is 0 Å². The predicted octanol–water partition coefficient (Wildman–Crippen LogP) is 2.45. The van der Waals surface area contributed by atoms with Crippen LogP contribution in [0.3, 0.4) is 0 Å². The zero-order chi connectivity index (χ0) is 20.2. The molecule has 0 aliphatic rings. The van der Waals surface area contributed by atoms with Crippen LogP contribution >= 0.6 is 0 Å². The van der Waals surface area contributed by atoms with Crippen molar-refractivity contribution in [1.29, 1.82) is 5.26 Å². The molecule has 28 heavy (non-hydrogen) atoms. The fraction of sp³-hybridized carbons (Fsp3) is 0.286. The van der Waals surface area contributed by atoms with Crippen molar-refractivity contribution < 1.29 is 23.8 Å². The highest BCUT2D eigenvalue weighted by Gasteiger charge is 2.07. The minimum Gasteiger partial charge on any atom is -0.482 e. The Balaban J connectivity index is 1.73. The van der Waals surface area contributed by atoms with Crippen LogP contribution in [0.5, 0.6) is 5.75 Å². The first-order chi connectivity index (χ1) is 13.6. The second kappa shape index (κ2) is 11.4. The van der Waals surface area contributed by atoms with E-state index in [1.807, 2.05) is 6.07 Å². The molecule has 0 bridgehead atoms. The molecular formula is C21H22N2O5. The summed E-state index contributed by atoms with van der Waals surface area (Å²) in [4.78, 5) is 23.7. The van der Waals surface area contributed by atoms with E-state index in [-0.39, 0.29) is 12.5 Å². The molecule has 2 rings (SSSR count). The molecule has 0 radical (unpaired) electrons. The van der Waals surface area contributed by atoms with Crippen molar-refractivity contribution in [3.8, 4) is 11.8 Å². The summed E-state index contributed by atoms with van der Waals surface area (Å²) in [5, 5.41) is 11.6. The molecule has 0 unspecified atom stereocenters. The molecule has 146 valence electrons. The van der Waals surface area contributed by atoms with Crippen LogP contribution in [0.1, 0.15) is 27.9 Å². The molecular weight excluding hydrogens is 360 g/mol. The first kappa shape index (κ1) is 20.9. The van der Waals surface area contributed by atoms with Gasteiger partial charge in [-0.25, -0.2) is 4.79 Å². The molecule has 0 saturated heterocycles. The average Bonchev–Trinajstić information content (AvgIpc) is 2.74. The fourth-order valence-electron chi connectivity index (χ4n) is 2.26. The van der Waals surface area contributed by atoms with Gasteiger partial charge in [0.1, 0.15) is 5.75 Å². The van der Waals surface area contributed by atoms with E-state index in [0.717, 1.165) is 5.56 Å². The van der Waals surface area contributed by atoms with Crippen LogP contribution in [0.4, 0.5) is 0 Å². The Morgan fingerprint density at radius 3 is 2.39 bits per heavy atom. The minimum absolute atomic E-state index is 0.165. The van der Waals surface area contributed by atoms with Crippen molar-refractivity contribution >= 4 is 11.9 Å². The van der Waals surface area contributed by atoms with Crippen molar-refractivity contribution in [2.75, 3.05) is 26.9 Å². The second-order valence-electron chi connectivity index (χ2n) is 5.87. The first-order valence-electron chi connectivity index (χ1n) is 8.77. The fourth-order valence-corrected chi connectivity index (χ4v) is 2.26. The molecule has 7 nitrogen and oxygen atoms in total. The van der Waals surface area contributed by atoms with E-state index >= 15 is 0 Å². The van der Waals surface area contributed by atoms with Crippen LogP contribution < -0.4 is 10.1 Å². The van der Waals surface area contributed by atoms with Gasteiger partial charge in [-0.2, -0.15) is 5.26 Å². The first-order valence-corrected chi connectivity index (χ1v) is 8.77. The summed E-state index contributed by atoms with van der Waals surface area (Å²) >= 11 is 0. The van der Waals surface area contributed by atoms with Crippen molar-refractivity contribution in [3.05, 3.63) is 65.2 Å². The highest BCUT2D eigenvalue weighted by atomic mass is 16.6. The monoisotopic (exact) mass is 382 g/mol. The van der Waals surface area contributed by atoms with E-state index in [0.29, 0.717) is 43.1 Å². The Morgan fingerprint density at radius 1 is 1.04 bits per heavy atom. The number of nitriles is 1. The molecule has 0 aromatic heterocycles. The Bertz CT molecular complexity index is 810. The number of hydrogen-bond donors (Lipinski definition) is 1. The lowest BCUT2D eigenvalue weighted by Crippen LogP contribution is -2.22. The van der Waals surface area contributed by atoms with E-state index in [1.54, 1.807) is 55.6 Å². The standard InChI is InChI=1S/C21H22N2O5/c1-26-11-2-12-27-20(24)15-28-19-9-5-17(6-10-19)14-23-21(25)18-7-3-16(13-22)4-8-18/h3-10H,2,11-12,14-15H2,1H3,(H,23,25). The van der Waals surface area contributed by atoms with Crippen LogP contribution in [0.15, 0.2) is 48.5 Å². The number of benzene rings is 2. The largest absolute Gasteiger partial charge is 0.482 e. The highest BCUT2D eigenvalue weighted by molar-refractivity contribution is 5.94. The lowest BCUT2D eigenvalue weighted by molar-refractivity contribution is -0.146. The lowest BCUT2D eigenvalue weighted by atomic mass is 10.1. The molecule has 1 amide bonds. The summed E-state index contributed by atoms with van der Waals surface area (Å²) in [6, 6.07) is 15.5. The third-order valence-corrected chi connectivity index (χ3v) is 3.77. The number of hydrogen-bond acceptors (Lipinski definition) is 6. The van der Waals surface area contributed by atoms with Gasteiger partial charge in [0.2, 0.25) is 0 Å². The number of carbonyl (C=O) groups excluding carboxylic acids is 2. The quantitative estimate of drug-likeness (QED) is 0.501. The second-order valence-corrected chi connectivity index (χ2v) is 5.87. The van der Waals surface area contributed by atoms with Crippen molar-refractivity contribution in [3.63, 3.8) is 0 Å². The Labute approximate surface area is 163 Å². The Morgan fingerprint density at radius 2 is 1.75 bits per heavy atom. The molecule has 0 fully saturated rings. The number of rotatable bonds is 10. The van der Waals surface area contributed by atoms with Gasteiger partial charge in [0.15, 0.2) is 6.61 Å². The zero-order valence-corrected chi connectivity index (χ0v) is 15.6. The van der Waals surface area contributed by atoms with Gasteiger partial charge in [-0.1, -0.05) is 12.1 Å². The minimum atomic E-state index is -0.435. The summed E-state index contributed by atoms with van der Waals surface area (Å²) in [5.74, 6) is -0.119. The van der Waals surface area contributed by atoms with Crippen LogP contribution in [-0.4, -0.2) is 38.8 Å². The number of nitrogens with zero attached hydrogens (tertiary/aromatic N) is 1. The topological polar surface area (TPSA) is 97.7 Å². The summed E-state index contributed by atoms with van der Waals surface area (Å²) in [7, 11) is 1.59. The van der Waals surface area contributed by atoms with Gasteiger partial charge in [-0.3, -0.25) is 4.79 Å². The number of ether oxygens (including phenoxy) is 3. The van der Waals surface area contributed by atoms with Gasteiger partial charge in [0, 0.05) is 32.2 Å². The average molecular weight is 382 g/mol. The van der Waals surface area contributed by atoms with Crippen molar-refractivity contribution in [2.24, 2.45) is 0 Å². The summed E-state index contributed by atoms with van der Waals surface area (Å²) in [6.07, 6.45) is 0.644. The molecule has 2 aromatic rings. The number of nitrogens with one attached hydrogen (secondary N) is 1. The number of carbonyl (C=O) groups is 2. The SMILES string of the molecule is COCCCOC(=O)COc1ccc(CNC(=O)c2ccc(C#N)cc2)cc1. The van der Waals surface area contributed by atoms with Gasteiger partial charge in [0.25, 0.3) is 5.91 Å². The maximum atomic E-state index is 12.1. The normalized spacial score (nSPS) is 10.0. The van der Waals surface area contributed by atoms with Gasteiger partial charge < -0.3 is 19.5 Å². The number of amides is 1. The van der Waals surface area contributed by atoms with E-state index in [4.69, 9.17) is 19.5 Å². The predicted molar refractivity (Wildman–Crippen MR) is 102 cm³/mol. The number of methoxy groups -OCH3 is 1. The van der Waals surface area contributed by atoms with Crippen LogP contribution in [0.25, 0.3) is 0 Å². The summed E-state index contributed by atoms with van der Waals surface area (Å²) < 4.78 is 15.3. The summed E-state index contributed by atoms with van der Waals surface area (Å²) in [5.41, 5.74) is 1.88. The Hall–Kier alpha value is -3.37. The van der Waals surface area contributed by atoms with Crippen LogP contribution in [-0.2, 0) is 20.8 Å². The van der Waals surface area contributed by atoms with Gasteiger partial charge in [0.05, 0.1) is 18.2 Å². The highest BCUT2D eigenvalue weighted by Crippen LogP contribution is 2.12. The van der Waals surface area contributed by atoms with E-state index in [1.165, 1.54) is 0 Å². The van der Waals surface area contributed by atoms with Crippen molar-refractivity contribution in [1.82, 2.24) is 5.32 Å². The van der Waals surface area contributed by atoms with Crippen LogP contribution in [0, 0.1) is 11.3 Å². The maximum Gasteiger partial charge on any atom is 0.344 e. The molecule has 0 spiro atoms. The van der Waals surface area contributed by atoms with Crippen molar-refractivity contribution in [2.45, 2.75) is 13.0 Å². The zero-order valence-electron chi connectivity index (χ0n) is 15.6. The number of esters is 1. The van der Waals surface area contributed by atoms with Gasteiger partial charge in [-0.05, 0) is 42.0 Å². The molecule has 7 heteroatoms. The maximum absolute atomic E-state index is 12.1. The van der Waals surface area contributed by atoms with E-state index in [9.17, 15) is 9.59 Å². The molecule has 0 heterocycles. The summed E-state index contributed by atoms with van der Waals surface area (Å²) in [6.45, 7) is 1.02. The molecule has 0 saturated carbocycles. The molecule has 2 aromatic carbocycles. The van der Waals surface area contributed by atoms with E-state index < -0.39 is 5.97 Å². The molecule has 1 N–H and O–H groups in total. The van der Waals surface area contributed by atoms with Gasteiger partial charge >= 0.3 is 5.97 Å². The molecule has 0 aliphatic carbocycles. The third kappa shape index (κ3) is 7.09. The molecule has 0 atom stereocenters. The third-order valence-electron chi connectivity index (χ3n) is 3.77. The van der Waals surface area contributed by atoms with E-state index in [2.05, 4.69) is 5.32 Å². The van der Waals surface area contributed by atoms with Crippen LogP contribution in [0.2, 0.25) is 0 Å². The Kier molecular flexibility index (Phi) is 8.50. The lowest BCUT2D eigenvalue weighted by Gasteiger charge is -2.09.